The van der Waals surface area contributed by atoms with Crippen LogP contribution in [0, 0.1) is 6.92 Å². The summed E-state index contributed by atoms with van der Waals surface area (Å²) in [6, 6.07) is 15.8. The summed E-state index contributed by atoms with van der Waals surface area (Å²) in [5.41, 5.74) is 4.31. The van der Waals surface area contributed by atoms with Crippen LogP contribution in [0.3, 0.4) is 0 Å². The van der Waals surface area contributed by atoms with Crippen molar-refractivity contribution in [3.63, 3.8) is 0 Å². The maximum Gasteiger partial charge on any atom is 0.309 e. The second-order valence-corrected chi connectivity index (χ2v) is 6.19. The summed E-state index contributed by atoms with van der Waals surface area (Å²) in [6.07, 6.45) is 0. The lowest BCUT2D eigenvalue weighted by molar-refractivity contribution is -0.139. The second-order valence-electron chi connectivity index (χ2n) is 6.19. The molecule has 0 saturated heterocycles. The molecule has 0 spiro atoms. The van der Waals surface area contributed by atoms with Gasteiger partial charge in [0, 0.05) is 13.1 Å². The van der Waals surface area contributed by atoms with Crippen molar-refractivity contribution in [1.29, 1.82) is 0 Å². The van der Waals surface area contributed by atoms with Crippen LogP contribution in [-0.2, 0) is 22.7 Å². The second kappa shape index (κ2) is 8.29. The summed E-state index contributed by atoms with van der Waals surface area (Å²) in [7, 11) is 0. The molecule has 0 aliphatic carbocycles. The van der Waals surface area contributed by atoms with Gasteiger partial charge < -0.3 is 10.6 Å². The molecule has 0 aliphatic rings. The van der Waals surface area contributed by atoms with E-state index in [1.807, 2.05) is 55.5 Å². The van der Waals surface area contributed by atoms with Crippen LogP contribution in [0.5, 0.6) is 0 Å². The minimum Gasteiger partial charge on any atom is -0.344 e. The maximum atomic E-state index is 11.9. The fraction of sp³-hybridized carbons (Fsp3) is 0.300. The Balaban J connectivity index is 1.81. The van der Waals surface area contributed by atoms with Gasteiger partial charge in [0.05, 0.1) is 0 Å². The van der Waals surface area contributed by atoms with Crippen LogP contribution in [-0.4, -0.2) is 11.8 Å². The predicted octanol–water partition coefficient (Wildman–Crippen LogP) is 3.05. The van der Waals surface area contributed by atoms with E-state index in [0.717, 1.165) is 16.7 Å². The highest BCUT2D eigenvalue weighted by Crippen LogP contribution is 2.14. The quantitative estimate of drug-likeness (QED) is 0.831. The molecule has 0 unspecified atom stereocenters. The van der Waals surface area contributed by atoms with Gasteiger partial charge in [-0.3, -0.25) is 9.59 Å². The Morgan fingerprint density at radius 2 is 1.46 bits per heavy atom. The lowest BCUT2D eigenvalue weighted by Gasteiger charge is -2.09. The average Bonchev–Trinajstić information content (AvgIpc) is 2.59. The molecule has 0 fully saturated rings. The van der Waals surface area contributed by atoms with Gasteiger partial charge in [-0.05, 0) is 35.1 Å². The van der Waals surface area contributed by atoms with Crippen molar-refractivity contribution >= 4 is 11.8 Å². The van der Waals surface area contributed by atoms with Crippen LogP contribution in [0.2, 0.25) is 0 Å². The van der Waals surface area contributed by atoms with Crippen molar-refractivity contribution in [3.8, 4) is 0 Å². The zero-order valence-electron chi connectivity index (χ0n) is 14.4. The van der Waals surface area contributed by atoms with E-state index in [4.69, 9.17) is 0 Å². The molecule has 4 heteroatoms. The molecule has 126 valence electrons. The Morgan fingerprint density at radius 3 is 2.04 bits per heavy atom. The molecule has 2 rings (SSSR count). The summed E-state index contributed by atoms with van der Waals surface area (Å²) >= 11 is 0. The van der Waals surface area contributed by atoms with Gasteiger partial charge in [-0.25, -0.2) is 0 Å². The Morgan fingerprint density at radius 1 is 0.875 bits per heavy atom. The Labute approximate surface area is 143 Å². The van der Waals surface area contributed by atoms with E-state index in [-0.39, 0.29) is 0 Å². The molecule has 0 radical (unpaired) electrons. The Bertz CT molecular complexity index is 706. The Hall–Kier alpha value is -2.62. The number of hydrogen-bond acceptors (Lipinski definition) is 2. The van der Waals surface area contributed by atoms with Crippen molar-refractivity contribution in [2.45, 2.75) is 39.8 Å². The van der Waals surface area contributed by atoms with Gasteiger partial charge in [-0.15, -0.1) is 0 Å². The Kier molecular flexibility index (Phi) is 6.13. The van der Waals surface area contributed by atoms with E-state index < -0.39 is 11.8 Å². The van der Waals surface area contributed by atoms with Gasteiger partial charge in [0.25, 0.3) is 0 Å². The SMILES string of the molecule is Cc1ccccc1CNC(=O)C(=O)NCc1ccc(C(C)C)cc1. The molecule has 0 heterocycles. The van der Waals surface area contributed by atoms with Gasteiger partial charge >= 0.3 is 11.8 Å². The lowest BCUT2D eigenvalue weighted by atomic mass is 10.0. The molecule has 4 nitrogen and oxygen atoms in total. The third-order valence-electron chi connectivity index (χ3n) is 4.01. The highest BCUT2D eigenvalue weighted by Gasteiger charge is 2.13. The number of aryl methyl sites for hydroxylation is 1. The molecule has 0 atom stereocenters. The van der Waals surface area contributed by atoms with E-state index >= 15 is 0 Å². The molecule has 0 bridgehead atoms. The fourth-order valence-corrected chi connectivity index (χ4v) is 2.35. The van der Waals surface area contributed by atoms with Gasteiger partial charge in [0.2, 0.25) is 0 Å². The number of carbonyl (C=O) groups is 2. The van der Waals surface area contributed by atoms with Gasteiger partial charge in [-0.1, -0.05) is 62.4 Å². The number of nitrogens with one attached hydrogen (secondary N) is 2. The third-order valence-corrected chi connectivity index (χ3v) is 4.01. The number of amides is 2. The topological polar surface area (TPSA) is 58.2 Å². The summed E-state index contributed by atoms with van der Waals surface area (Å²) in [5.74, 6) is -0.755. The van der Waals surface area contributed by atoms with Crippen LogP contribution in [0.4, 0.5) is 0 Å². The third kappa shape index (κ3) is 4.95. The fourth-order valence-electron chi connectivity index (χ4n) is 2.35. The van der Waals surface area contributed by atoms with E-state index in [1.165, 1.54) is 5.56 Å². The van der Waals surface area contributed by atoms with Crippen molar-refractivity contribution in [2.75, 3.05) is 0 Å². The van der Waals surface area contributed by atoms with Crippen LogP contribution < -0.4 is 10.6 Å². The highest BCUT2D eigenvalue weighted by molar-refractivity contribution is 6.35. The number of hydrogen-bond donors (Lipinski definition) is 2. The summed E-state index contributed by atoms with van der Waals surface area (Å²) in [5, 5.41) is 5.30. The smallest absolute Gasteiger partial charge is 0.309 e. The summed E-state index contributed by atoms with van der Waals surface area (Å²) in [6.45, 7) is 6.94. The molecule has 0 saturated carbocycles. The van der Waals surface area contributed by atoms with Crippen LogP contribution in [0.1, 0.15) is 42.0 Å². The first-order chi connectivity index (χ1) is 11.5. The minimum atomic E-state index is -0.614. The molecule has 2 N–H and O–H groups in total. The highest BCUT2D eigenvalue weighted by atomic mass is 16.2. The molecule has 0 aromatic heterocycles. The zero-order valence-corrected chi connectivity index (χ0v) is 14.4. The predicted molar refractivity (Wildman–Crippen MR) is 95.4 cm³/mol. The van der Waals surface area contributed by atoms with Crippen LogP contribution in [0.25, 0.3) is 0 Å². The normalized spacial score (nSPS) is 10.5. The van der Waals surface area contributed by atoms with E-state index in [0.29, 0.717) is 19.0 Å². The minimum absolute atomic E-state index is 0.342. The molecule has 2 aromatic rings. The van der Waals surface area contributed by atoms with E-state index in [1.54, 1.807) is 0 Å². The maximum absolute atomic E-state index is 11.9. The number of rotatable bonds is 5. The van der Waals surface area contributed by atoms with Crippen molar-refractivity contribution in [1.82, 2.24) is 10.6 Å². The summed E-state index contributed by atoms with van der Waals surface area (Å²) < 4.78 is 0. The van der Waals surface area contributed by atoms with Crippen LogP contribution >= 0.6 is 0 Å². The first-order valence-corrected chi connectivity index (χ1v) is 8.16. The molecule has 0 aliphatic heterocycles. The number of carbonyl (C=O) groups excluding carboxylic acids is 2. The zero-order chi connectivity index (χ0) is 17.5. The van der Waals surface area contributed by atoms with Crippen molar-refractivity contribution in [3.05, 3.63) is 70.8 Å². The largest absolute Gasteiger partial charge is 0.344 e. The molecule has 24 heavy (non-hydrogen) atoms. The number of benzene rings is 2. The molecular weight excluding hydrogens is 300 g/mol. The van der Waals surface area contributed by atoms with E-state index in [9.17, 15) is 9.59 Å². The van der Waals surface area contributed by atoms with Gasteiger partial charge in [0.15, 0.2) is 0 Å². The monoisotopic (exact) mass is 324 g/mol. The van der Waals surface area contributed by atoms with Crippen molar-refractivity contribution < 1.29 is 9.59 Å². The first kappa shape index (κ1) is 17.7. The lowest BCUT2D eigenvalue weighted by Crippen LogP contribution is -2.39. The first-order valence-electron chi connectivity index (χ1n) is 8.16. The average molecular weight is 324 g/mol. The van der Waals surface area contributed by atoms with Crippen LogP contribution in [0.15, 0.2) is 48.5 Å². The summed E-state index contributed by atoms with van der Waals surface area (Å²) in [4.78, 5) is 23.7. The molecular formula is C20H24N2O2. The molecule has 2 amide bonds. The molecule has 2 aromatic carbocycles. The van der Waals surface area contributed by atoms with Gasteiger partial charge in [0.1, 0.15) is 0 Å². The van der Waals surface area contributed by atoms with Crippen molar-refractivity contribution in [2.24, 2.45) is 0 Å². The standard InChI is InChI=1S/C20H24N2O2/c1-14(2)17-10-8-16(9-11-17)12-21-19(23)20(24)22-13-18-7-5-4-6-15(18)3/h4-11,14H,12-13H2,1-3H3,(H,21,23)(H,22,24). The van der Waals surface area contributed by atoms with Gasteiger partial charge in [-0.2, -0.15) is 0 Å². The van der Waals surface area contributed by atoms with E-state index in [2.05, 4.69) is 24.5 Å².